The zero-order chi connectivity index (χ0) is 19.3. The molecule has 0 radical (unpaired) electrons. The van der Waals surface area contributed by atoms with Crippen LogP contribution in [0.3, 0.4) is 0 Å². The van der Waals surface area contributed by atoms with Gasteiger partial charge >= 0.3 is 0 Å². The van der Waals surface area contributed by atoms with Crippen molar-refractivity contribution in [3.8, 4) is 11.5 Å². The van der Waals surface area contributed by atoms with Crippen molar-refractivity contribution in [1.29, 1.82) is 0 Å². The molecule has 3 aromatic rings. The summed E-state index contributed by atoms with van der Waals surface area (Å²) in [5.41, 5.74) is 1.99. The highest BCUT2D eigenvalue weighted by Gasteiger charge is 2.21. The fourth-order valence-electron chi connectivity index (χ4n) is 3.13. The smallest absolute Gasteiger partial charge is 0.254 e. The van der Waals surface area contributed by atoms with Gasteiger partial charge in [0.2, 0.25) is 6.79 Å². The van der Waals surface area contributed by atoms with E-state index in [0.29, 0.717) is 42.1 Å². The van der Waals surface area contributed by atoms with Crippen LogP contribution >= 0.6 is 0 Å². The molecule has 2 heterocycles. The van der Waals surface area contributed by atoms with Crippen molar-refractivity contribution in [3.63, 3.8) is 0 Å². The molecule has 0 N–H and O–H groups in total. The minimum atomic E-state index is -0.264. The third-order valence-electron chi connectivity index (χ3n) is 4.61. The largest absolute Gasteiger partial charge is 0.454 e. The highest BCUT2D eigenvalue weighted by atomic mass is 19.1. The van der Waals surface area contributed by atoms with Crippen molar-refractivity contribution < 1.29 is 18.7 Å². The zero-order valence-electron chi connectivity index (χ0n) is 15.2. The normalized spacial score (nSPS) is 12.0. The molecule has 0 saturated heterocycles. The molecule has 28 heavy (non-hydrogen) atoms. The molecule has 5 nitrogen and oxygen atoms in total. The number of hydrogen-bond acceptors (Lipinski definition) is 4. The molecule has 0 fully saturated rings. The molecule has 6 heteroatoms. The van der Waals surface area contributed by atoms with Crippen molar-refractivity contribution in [2.45, 2.75) is 13.0 Å². The van der Waals surface area contributed by atoms with Gasteiger partial charge in [-0.2, -0.15) is 0 Å². The Morgan fingerprint density at radius 1 is 1.07 bits per heavy atom. The number of carbonyl (C=O) groups excluding carboxylic acids is 1. The Hall–Kier alpha value is -3.41. The Balaban J connectivity index is 1.56. The Kier molecular flexibility index (Phi) is 5.19. The summed E-state index contributed by atoms with van der Waals surface area (Å²) in [7, 11) is 0. The zero-order valence-corrected chi connectivity index (χ0v) is 15.2. The second-order valence-electron chi connectivity index (χ2n) is 6.50. The first-order chi connectivity index (χ1) is 13.7. The molecule has 0 unspecified atom stereocenters. The van der Waals surface area contributed by atoms with Gasteiger partial charge in [-0.25, -0.2) is 4.39 Å². The van der Waals surface area contributed by atoms with Gasteiger partial charge in [-0.3, -0.25) is 9.78 Å². The van der Waals surface area contributed by atoms with E-state index in [4.69, 9.17) is 9.47 Å². The van der Waals surface area contributed by atoms with Crippen LogP contribution in [-0.4, -0.2) is 29.1 Å². The van der Waals surface area contributed by atoms with Crippen molar-refractivity contribution in [1.82, 2.24) is 9.88 Å². The number of pyridine rings is 1. The number of nitrogens with zero attached hydrogens (tertiary/aromatic N) is 2. The number of fused-ring (bicyclic) bond motifs is 1. The number of benzene rings is 2. The Morgan fingerprint density at radius 2 is 1.93 bits per heavy atom. The van der Waals surface area contributed by atoms with Crippen molar-refractivity contribution in [2.75, 3.05) is 13.3 Å². The molecule has 0 bridgehead atoms. The molecular formula is C22H19FN2O3. The SMILES string of the molecule is O=C(c1ccc2c(c1)OCO2)N(CCc1ccccc1F)Cc1cccnc1. The number of ether oxygens (including phenoxy) is 2. The third kappa shape index (κ3) is 3.96. The van der Waals surface area contributed by atoms with E-state index in [1.165, 1.54) is 6.07 Å². The molecule has 2 aromatic carbocycles. The van der Waals surface area contributed by atoms with E-state index in [9.17, 15) is 9.18 Å². The lowest BCUT2D eigenvalue weighted by atomic mass is 10.1. The number of rotatable bonds is 6. The van der Waals surface area contributed by atoms with E-state index in [1.807, 2.05) is 12.1 Å². The van der Waals surface area contributed by atoms with Crippen LogP contribution in [0.2, 0.25) is 0 Å². The lowest BCUT2D eigenvalue weighted by Gasteiger charge is -2.23. The molecule has 1 aliphatic heterocycles. The summed E-state index contributed by atoms with van der Waals surface area (Å²) >= 11 is 0. The fraction of sp³-hybridized carbons (Fsp3) is 0.182. The average molecular weight is 378 g/mol. The van der Waals surface area contributed by atoms with Gasteiger partial charge < -0.3 is 14.4 Å². The minimum Gasteiger partial charge on any atom is -0.454 e. The number of hydrogen-bond donors (Lipinski definition) is 0. The fourth-order valence-corrected chi connectivity index (χ4v) is 3.13. The van der Waals surface area contributed by atoms with Gasteiger partial charge in [-0.15, -0.1) is 0 Å². The average Bonchev–Trinajstić information content (AvgIpc) is 3.20. The van der Waals surface area contributed by atoms with Crippen LogP contribution in [-0.2, 0) is 13.0 Å². The summed E-state index contributed by atoms with van der Waals surface area (Å²) in [6.07, 6.45) is 3.83. The van der Waals surface area contributed by atoms with Crippen LogP contribution in [0.1, 0.15) is 21.5 Å². The minimum absolute atomic E-state index is 0.152. The van der Waals surface area contributed by atoms with E-state index >= 15 is 0 Å². The van der Waals surface area contributed by atoms with Crippen molar-refractivity contribution in [2.24, 2.45) is 0 Å². The van der Waals surface area contributed by atoms with E-state index in [0.717, 1.165) is 5.56 Å². The first-order valence-electron chi connectivity index (χ1n) is 9.02. The maximum atomic E-state index is 14.0. The van der Waals surface area contributed by atoms with Gasteiger partial charge in [0.25, 0.3) is 5.91 Å². The summed E-state index contributed by atoms with van der Waals surface area (Å²) in [5.74, 6) is 0.765. The maximum Gasteiger partial charge on any atom is 0.254 e. The van der Waals surface area contributed by atoms with Crippen LogP contribution in [0.5, 0.6) is 11.5 Å². The predicted octanol–water partition coefficient (Wildman–Crippen LogP) is 3.83. The molecule has 142 valence electrons. The van der Waals surface area contributed by atoms with E-state index in [2.05, 4.69) is 4.98 Å². The van der Waals surface area contributed by atoms with Gasteiger partial charge in [0.15, 0.2) is 11.5 Å². The van der Waals surface area contributed by atoms with Gasteiger partial charge in [-0.1, -0.05) is 24.3 Å². The maximum absolute atomic E-state index is 14.0. The Bertz CT molecular complexity index is 979. The van der Waals surface area contributed by atoms with Gasteiger partial charge in [-0.05, 0) is 47.9 Å². The molecule has 0 spiro atoms. The van der Waals surface area contributed by atoms with Crippen molar-refractivity contribution in [3.05, 3.63) is 89.5 Å². The summed E-state index contributed by atoms with van der Waals surface area (Å²) < 4.78 is 24.7. The van der Waals surface area contributed by atoms with Crippen LogP contribution in [0, 0.1) is 5.82 Å². The molecule has 0 aliphatic carbocycles. The number of halogens is 1. The molecule has 0 atom stereocenters. The summed E-state index contributed by atoms with van der Waals surface area (Å²) in [6.45, 7) is 0.915. The lowest BCUT2D eigenvalue weighted by Crippen LogP contribution is -2.32. The first-order valence-corrected chi connectivity index (χ1v) is 9.02. The van der Waals surface area contributed by atoms with Crippen molar-refractivity contribution >= 4 is 5.91 Å². The predicted molar refractivity (Wildman–Crippen MR) is 102 cm³/mol. The molecular weight excluding hydrogens is 359 g/mol. The van der Waals surface area contributed by atoms with Gasteiger partial charge in [0, 0.05) is 31.0 Å². The molecule has 4 rings (SSSR count). The summed E-state index contributed by atoms with van der Waals surface area (Å²) in [6, 6.07) is 15.5. The topological polar surface area (TPSA) is 51.7 Å². The molecule has 1 aromatic heterocycles. The molecule has 1 amide bonds. The van der Waals surface area contributed by atoms with Crippen LogP contribution in [0.25, 0.3) is 0 Å². The van der Waals surface area contributed by atoms with E-state index in [-0.39, 0.29) is 18.5 Å². The number of carbonyl (C=O) groups is 1. The summed E-state index contributed by atoms with van der Waals surface area (Å²) in [5, 5.41) is 0. The van der Waals surface area contributed by atoms with Gasteiger partial charge in [0.05, 0.1) is 0 Å². The Morgan fingerprint density at radius 3 is 2.75 bits per heavy atom. The van der Waals surface area contributed by atoms with E-state index < -0.39 is 0 Å². The quantitative estimate of drug-likeness (QED) is 0.654. The second kappa shape index (κ2) is 8.08. The van der Waals surface area contributed by atoms with Gasteiger partial charge in [0.1, 0.15) is 5.82 Å². The second-order valence-corrected chi connectivity index (χ2v) is 6.50. The van der Waals surface area contributed by atoms with E-state index in [1.54, 1.807) is 53.7 Å². The Labute approximate surface area is 162 Å². The highest BCUT2D eigenvalue weighted by molar-refractivity contribution is 5.95. The number of aromatic nitrogens is 1. The van der Waals surface area contributed by atoms with Crippen LogP contribution < -0.4 is 9.47 Å². The molecule has 1 aliphatic rings. The first kappa shape index (κ1) is 18.0. The van der Waals surface area contributed by atoms with Crippen LogP contribution in [0.15, 0.2) is 67.0 Å². The third-order valence-corrected chi connectivity index (χ3v) is 4.61. The summed E-state index contributed by atoms with van der Waals surface area (Å²) in [4.78, 5) is 19.0. The lowest BCUT2D eigenvalue weighted by molar-refractivity contribution is 0.0744. The standard InChI is InChI=1S/C22H19FN2O3/c23-19-6-2-1-5-17(19)9-11-25(14-16-4-3-10-24-13-16)22(26)18-7-8-20-21(12-18)28-15-27-20/h1-8,10,12-13H,9,11,14-15H2. The number of amides is 1. The monoisotopic (exact) mass is 378 g/mol. The molecule has 0 saturated carbocycles. The van der Waals surface area contributed by atoms with Crippen LogP contribution in [0.4, 0.5) is 4.39 Å². The highest BCUT2D eigenvalue weighted by Crippen LogP contribution is 2.33.